The second-order valence-corrected chi connectivity index (χ2v) is 8.93. The zero-order valence-corrected chi connectivity index (χ0v) is 18.2. The van der Waals surface area contributed by atoms with Crippen molar-refractivity contribution in [2.24, 2.45) is 0 Å². The summed E-state index contributed by atoms with van der Waals surface area (Å²) < 4.78 is 0. The molecule has 2 aromatic rings. The van der Waals surface area contributed by atoms with Crippen LogP contribution in [0.3, 0.4) is 0 Å². The molecule has 2 heterocycles. The van der Waals surface area contributed by atoms with E-state index in [1.54, 1.807) is 0 Å². The Kier molecular flexibility index (Phi) is 6.23. The molecule has 4 nitrogen and oxygen atoms in total. The van der Waals surface area contributed by atoms with Crippen LogP contribution in [0.4, 0.5) is 0 Å². The van der Waals surface area contributed by atoms with Gasteiger partial charge in [0.1, 0.15) is 0 Å². The van der Waals surface area contributed by atoms with Crippen molar-refractivity contribution < 1.29 is 4.79 Å². The molecule has 2 aromatic carbocycles. The molecule has 0 unspecified atom stereocenters. The molecule has 2 aliphatic rings. The van der Waals surface area contributed by atoms with Gasteiger partial charge in [-0.1, -0.05) is 29.8 Å². The second-order valence-electron chi connectivity index (χ2n) is 8.49. The highest BCUT2D eigenvalue weighted by Gasteiger charge is 2.24. The van der Waals surface area contributed by atoms with E-state index in [-0.39, 0.29) is 5.91 Å². The van der Waals surface area contributed by atoms with Crippen molar-refractivity contribution in [2.45, 2.75) is 39.4 Å². The van der Waals surface area contributed by atoms with Gasteiger partial charge in [0.05, 0.1) is 0 Å². The summed E-state index contributed by atoms with van der Waals surface area (Å²) >= 11 is 5.99. The molecule has 1 fully saturated rings. The normalized spacial score (nSPS) is 18.1. The number of halogens is 1. The molecule has 0 saturated carbocycles. The third-order valence-corrected chi connectivity index (χ3v) is 6.45. The standard InChI is InChI=1S/C24H30ClN3O/c1-18(2)27-11-13-28(14-12-27)24(29)21-5-6-22-17-26(10-9-20(22)15-21)16-19-3-7-23(25)8-4-19/h3-8,15,18H,9-14,16-17H2,1-2H3. The van der Waals surface area contributed by atoms with Crippen LogP contribution in [-0.2, 0) is 19.5 Å². The summed E-state index contributed by atoms with van der Waals surface area (Å²) in [4.78, 5) is 19.9. The summed E-state index contributed by atoms with van der Waals surface area (Å²) in [5, 5.41) is 0.778. The van der Waals surface area contributed by atoms with Gasteiger partial charge in [0.15, 0.2) is 0 Å². The topological polar surface area (TPSA) is 26.8 Å². The number of carbonyl (C=O) groups is 1. The fraction of sp³-hybridized carbons (Fsp3) is 0.458. The van der Waals surface area contributed by atoms with Crippen molar-refractivity contribution in [3.05, 3.63) is 69.7 Å². The minimum absolute atomic E-state index is 0.180. The van der Waals surface area contributed by atoms with Crippen LogP contribution in [0.1, 0.15) is 40.9 Å². The summed E-state index contributed by atoms with van der Waals surface area (Å²) in [6, 6.07) is 14.9. The maximum Gasteiger partial charge on any atom is 0.253 e. The number of piperazine rings is 1. The van der Waals surface area contributed by atoms with Gasteiger partial charge < -0.3 is 4.90 Å². The fourth-order valence-electron chi connectivity index (χ4n) is 4.35. The summed E-state index contributed by atoms with van der Waals surface area (Å²) in [7, 11) is 0. The van der Waals surface area contributed by atoms with E-state index in [9.17, 15) is 4.79 Å². The van der Waals surface area contributed by atoms with Crippen LogP contribution in [0.2, 0.25) is 5.02 Å². The van der Waals surface area contributed by atoms with E-state index in [0.717, 1.165) is 62.8 Å². The van der Waals surface area contributed by atoms with Gasteiger partial charge in [0.25, 0.3) is 5.91 Å². The lowest BCUT2D eigenvalue weighted by Gasteiger charge is -2.37. The van der Waals surface area contributed by atoms with Crippen LogP contribution in [-0.4, -0.2) is 59.4 Å². The fourth-order valence-corrected chi connectivity index (χ4v) is 4.48. The molecule has 0 spiro atoms. The molecule has 0 radical (unpaired) electrons. The molecular weight excluding hydrogens is 382 g/mol. The van der Waals surface area contributed by atoms with Gasteiger partial charge in [-0.05, 0) is 61.2 Å². The third kappa shape index (κ3) is 4.82. The van der Waals surface area contributed by atoms with Crippen molar-refractivity contribution in [2.75, 3.05) is 32.7 Å². The Hall–Kier alpha value is -1.88. The van der Waals surface area contributed by atoms with E-state index in [1.165, 1.54) is 16.7 Å². The smallest absolute Gasteiger partial charge is 0.253 e. The molecule has 1 saturated heterocycles. The minimum Gasteiger partial charge on any atom is -0.336 e. The molecule has 0 aliphatic carbocycles. The molecular formula is C24H30ClN3O. The summed E-state index contributed by atoms with van der Waals surface area (Å²) in [6.45, 7) is 10.9. The van der Waals surface area contributed by atoms with Gasteiger partial charge in [-0.25, -0.2) is 0 Å². The zero-order chi connectivity index (χ0) is 20.4. The molecule has 0 N–H and O–H groups in total. The Morgan fingerprint density at radius 1 is 0.966 bits per heavy atom. The SMILES string of the molecule is CC(C)N1CCN(C(=O)c2ccc3c(c2)CCN(Cc2ccc(Cl)cc2)C3)CC1. The first kappa shape index (κ1) is 20.4. The highest BCUT2D eigenvalue weighted by molar-refractivity contribution is 6.30. The Morgan fingerprint density at radius 2 is 1.69 bits per heavy atom. The number of rotatable bonds is 4. The van der Waals surface area contributed by atoms with Gasteiger partial charge >= 0.3 is 0 Å². The van der Waals surface area contributed by atoms with Crippen molar-refractivity contribution in [3.63, 3.8) is 0 Å². The van der Waals surface area contributed by atoms with Gasteiger partial charge in [0.2, 0.25) is 0 Å². The lowest BCUT2D eigenvalue weighted by molar-refractivity contribution is 0.0595. The first-order chi connectivity index (χ1) is 14.0. The number of amides is 1. The van der Waals surface area contributed by atoms with Crippen LogP contribution in [0, 0.1) is 0 Å². The predicted molar refractivity (Wildman–Crippen MR) is 118 cm³/mol. The van der Waals surface area contributed by atoms with Crippen molar-refractivity contribution in [3.8, 4) is 0 Å². The Balaban J connectivity index is 1.38. The monoisotopic (exact) mass is 411 g/mol. The molecule has 154 valence electrons. The van der Waals surface area contributed by atoms with E-state index in [4.69, 9.17) is 11.6 Å². The molecule has 1 amide bonds. The Bertz CT molecular complexity index is 857. The van der Waals surface area contributed by atoms with Crippen LogP contribution < -0.4 is 0 Å². The molecule has 0 bridgehead atoms. The second kappa shape index (κ2) is 8.86. The number of hydrogen-bond acceptors (Lipinski definition) is 3. The summed E-state index contributed by atoms with van der Waals surface area (Å²) in [5.74, 6) is 0.180. The molecule has 0 atom stereocenters. The van der Waals surface area contributed by atoms with Crippen LogP contribution in [0.25, 0.3) is 0 Å². The van der Waals surface area contributed by atoms with Gasteiger partial charge in [-0.3, -0.25) is 14.6 Å². The van der Waals surface area contributed by atoms with Crippen molar-refractivity contribution in [1.29, 1.82) is 0 Å². The number of fused-ring (bicyclic) bond motifs is 1. The van der Waals surface area contributed by atoms with Crippen LogP contribution in [0.15, 0.2) is 42.5 Å². The van der Waals surface area contributed by atoms with Gasteiger partial charge in [-0.2, -0.15) is 0 Å². The van der Waals surface area contributed by atoms with E-state index in [0.29, 0.717) is 6.04 Å². The van der Waals surface area contributed by atoms with E-state index < -0.39 is 0 Å². The van der Waals surface area contributed by atoms with Gasteiger partial charge in [-0.15, -0.1) is 0 Å². The summed E-state index contributed by atoms with van der Waals surface area (Å²) in [6.07, 6.45) is 0.991. The number of nitrogens with zero attached hydrogens (tertiary/aromatic N) is 3. The van der Waals surface area contributed by atoms with E-state index >= 15 is 0 Å². The highest BCUT2D eigenvalue weighted by Crippen LogP contribution is 2.23. The average Bonchev–Trinajstić information content (AvgIpc) is 2.74. The summed E-state index contributed by atoms with van der Waals surface area (Å²) in [5.41, 5.74) is 4.79. The molecule has 29 heavy (non-hydrogen) atoms. The lowest BCUT2D eigenvalue weighted by atomic mass is 9.96. The zero-order valence-electron chi connectivity index (χ0n) is 17.4. The molecule has 2 aliphatic heterocycles. The largest absolute Gasteiger partial charge is 0.336 e. The molecule has 4 rings (SSSR count). The Morgan fingerprint density at radius 3 is 2.38 bits per heavy atom. The van der Waals surface area contributed by atoms with E-state index in [1.807, 2.05) is 23.1 Å². The van der Waals surface area contributed by atoms with E-state index in [2.05, 4.69) is 47.9 Å². The maximum absolute atomic E-state index is 13.0. The van der Waals surface area contributed by atoms with Crippen LogP contribution in [0.5, 0.6) is 0 Å². The van der Waals surface area contributed by atoms with Crippen molar-refractivity contribution in [1.82, 2.24) is 14.7 Å². The maximum atomic E-state index is 13.0. The number of carbonyl (C=O) groups excluding carboxylic acids is 1. The van der Waals surface area contributed by atoms with Crippen LogP contribution >= 0.6 is 11.6 Å². The first-order valence-electron chi connectivity index (χ1n) is 10.6. The van der Waals surface area contributed by atoms with Crippen molar-refractivity contribution >= 4 is 17.5 Å². The number of benzene rings is 2. The lowest BCUT2D eigenvalue weighted by Crippen LogP contribution is -2.50. The Labute approximate surface area is 179 Å². The molecule has 0 aromatic heterocycles. The molecule has 5 heteroatoms. The predicted octanol–water partition coefficient (Wildman–Crippen LogP) is 4.06. The third-order valence-electron chi connectivity index (χ3n) is 6.20. The average molecular weight is 412 g/mol. The highest BCUT2D eigenvalue weighted by atomic mass is 35.5. The quantitative estimate of drug-likeness (QED) is 0.758. The number of hydrogen-bond donors (Lipinski definition) is 0. The first-order valence-corrected chi connectivity index (χ1v) is 11.0. The minimum atomic E-state index is 0.180. The van der Waals surface area contributed by atoms with Gasteiger partial charge in [0, 0.05) is 62.4 Å².